The highest BCUT2D eigenvalue weighted by Crippen LogP contribution is 2.29. The number of benzene rings is 1. The highest BCUT2D eigenvalue weighted by Gasteiger charge is 2.16. The van der Waals surface area contributed by atoms with Gasteiger partial charge < -0.3 is 19.8 Å². The van der Waals surface area contributed by atoms with E-state index in [9.17, 15) is 9.59 Å². The molecule has 122 valence electrons. The fourth-order valence-corrected chi connectivity index (χ4v) is 2.23. The monoisotopic (exact) mass is 316 g/mol. The van der Waals surface area contributed by atoms with Crippen molar-refractivity contribution in [3.05, 3.63) is 57.5 Å². The van der Waals surface area contributed by atoms with Crippen molar-refractivity contribution >= 4 is 5.91 Å². The van der Waals surface area contributed by atoms with Crippen molar-refractivity contribution < 1.29 is 14.3 Å². The number of aromatic nitrogens is 1. The number of aromatic amines is 1. The first kappa shape index (κ1) is 16.6. The van der Waals surface area contributed by atoms with E-state index in [-0.39, 0.29) is 11.6 Å². The number of amides is 1. The van der Waals surface area contributed by atoms with Gasteiger partial charge in [0.25, 0.3) is 11.5 Å². The minimum atomic E-state index is -0.423. The van der Waals surface area contributed by atoms with E-state index in [1.165, 1.54) is 6.07 Å². The molecule has 0 unspecified atom stereocenters. The van der Waals surface area contributed by atoms with Gasteiger partial charge in [0.05, 0.1) is 20.3 Å². The second-order valence-corrected chi connectivity index (χ2v) is 5.19. The van der Waals surface area contributed by atoms with Gasteiger partial charge in [0.1, 0.15) is 5.56 Å². The number of hydrogen-bond donors (Lipinski definition) is 2. The number of ether oxygens (including phenoxy) is 2. The lowest BCUT2D eigenvalue weighted by atomic mass is 10.1. The lowest BCUT2D eigenvalue weighted by Crippen LogP contribution is -2.31. The molecule has 0 fully saturated rings. The van der Waals surface area contributed by atoms with Crippen LogP contribution < -0.4 is 20.3 Å². The first-order valence-corrected chi connectivity index (χ1v) is 7.19. The van der Waals surface area contributed by atoms with Crippen LogP contribution in [0.4, 0.5) is 0 Å². The highest BCUT2D eigenvalue weighted by atomic mass is 16.5. The molecule has 6 heteroatoms. The minimum absolute atomic E-state index is 0.0860. The molecule has 1 heterocycles. The average molecular weight is 316 g/mol. The fourth-order valence-electron chi connectivity index (χ4n) is 2.23. The van der Waals surface area contributed by atoms with Crippen LogP contribution in [0.2, 0.25) is 0 Å². The largest absolute Gasteiger partial charge is 0.493 e. The standard InChI is InChI=1S/C17H20N2O4/c1-10-5-7-13(16(20)18-10)17(21)19-11(2)12-6-8-14(22-3)15(9-12)23-4/h5-9,11H,1-4H3,(H,18,20)(H,19,21)/t11-/m1/s1. The molecule has 0 spiro atoms. The first-order valence-electron chi connectivity index (χ1n) is 7.19. The van der Waals surface area contributed by atoms with Crippen molar-refractivity contribution in [1.82, 2.24) is 10.3 Å². The molecule has 1 aromatic carbocycles. The van der Waals surface area contributed by atoms with Crippen molar-refractivity contribution in [2.75, 3.05) is 14.2 Å². The molecule has 0 aliphatic rings. The summed E-state index contributed by atoms with van der Waals surface area (Å²) < 4.78 is 10.4. The van der Waals surface area contributed by atoms with Gasteiger partial charge in [-0.1, -0.05) is 6.07 Å². The van der Waals surface area contributed by atoms with Crippen LogP contribution in [0, 0.1) is 6.92 Å². The fraction of sp³-hybridized carbons (Fsp3) is 0.294. The Morgan fingerprint density at radius 1 is 1.13 bits per heavy atom. The molecule has 2 rings (SSSR count). The summed E-state index contributed by atoms with van der Waals surface area (Å²) in [4.78, 5) is 26.7. The number of carbonyl (C=O) groups excluding carboxylic acids is 1. The van der Waals surface area contributed by atoms with Crippen molar-refractivity contribution in [3.63, 3.8) is 0 Å². The molecule has 2 aromatic rings. The van der Waals surface area contributed by atoms with Crippen LogP contribution in [0.15, 0.2) is 35.1 Å². The summed E-state index contributed by atoms with van der Waals surface area (Å²) in [6, 6.07) is 8.33. The number of rotatable bonds is 5. The Morgan fingerprint density at radius 2 is 1.83 bits per heavy atom. The maximum Gasteiger partial charge on any atom is 0.260 e. The van der Waals surface area contributed by atoms with Crippen molar-refractivity contribution in [3.8, 4) is 11.5 Å². The number of aryl methyl sites for hydroxylation is 1. The van der Waals surface area contributed by atoms with Gasteiger partial charge in [-0.3, -0.25) is 9.59 Å². The Morgan fingerprint density at radius 3 is 2.43 bits per heavy atom. The van der Waals surface area contributed by atoms with Crippen LogP contribution in [0.25, 0.3) is 0 Å². The predicted octanol–water partition coefficient (Wildman–Crippen LogP) is 2.19. The molecule has 0 saturated heterocycles. The average Bonchev–Trinajstić information content (AvgIpc) is 2.53. The molecule has 1 atom stereocenters. The number of nitrogens with one attached hydrogen (secondary N) is 2. The van der Waals surface area contributed by atoms with Crippen LogP contribution in [0.1, 0.15) is 34.6 Å². The van der Waals surface area contributed by atoms with Crippen LogP contribution in [-0.2, 0) is 0 Å². The number of H-pyrrole nitrogens is 1. The zero-order valence-corrected chi connectivity index (χ0v) is 13.6. The van der Waals surface area contributed by atoms with E-state index in [4.69, 9.17) is 9.47 Å². The first-order chi connectivity index (χ1) is 11.0. The summed E-state index contributed by atoms with van der Waals surface area (Å²) in [6.45, 7) is 3.59. The minimum Gasteiger partial charge on any atom is -0.493 e. The number of carbonyl (C=O) groups is 1. The van der Waals surface area contributed by atoms with Gasteiger partial charge >= 0.3 is 0 Å². The predicted molar refractivity (Wildman–Crippen MR) is 87.2 cm³/mol. The third-order valence-corrected chi connectivity index (χ3v) is 3.56. The van der Waals surface area contributed by atoms with E-state index < -0.39 is 11.5 Å². The lowest BCUT2D eigenvalue weighted by molar-refractivity contribution is 0.0938. The summed E-state index contributed by atoms with van der Waals surface area (Å²) in [5, 5.41) is 2.81. The van der Waals surface area contributed by atoms with Crippen LogP contribution in [-0.4, -0.2) is 25.1 Å². The van der Waals surface area contributed by atoms with Crippen molar-refractivity contribution in [2.45, 2.75) is 19.9 Å². The summed E-state index contributed by atoms with van der Waals surface area (Å²) >= 11 is 0. The van der Waals surface area contributed by atoms with Gasteiger partial charge in [0, 0.05) is 5.69 Å². The zero-order chi connectivity index (χ0) is 17.0. The van der Waals surface area contributed by atoms with Gasteiger partial charge in [0.15, 0.2) is 11.5 Å². The number of methoxy groups -OCH3 is 2. The summed E-state index contributed by atoms with van der Waals surface area (Å²) in [6.07, 6.45) is 0. The maximum absolute atomic E-state index is 12.3. The van der Waals surface area contributed by atoms with E-state index in [0.29, 0.717) is 17.2 Å². The molecule has 0 bridgehead atoms. The third-order valence-electron chi connectivity index (χ3n) is 3.56. The Balaban J connectivity index is 2.19. The Bertz CT molecular complexity index is 767. The Hall–Kier alpha value is -2.76. The Kier molecular flexibility index (Phi) is 5.05. The summed E-state index contributed by atoms with van der Waals surface area (Å²) in [5.41, 5.74) is 1.24. The highest BCUT2D eigenvalue weighted by molar-refractivity contribution is 5.94. The molecule has 0 aliphatic carbocycles. The van der Waals surface area contributed by atoms with Crippen LogP contribution in [0.5, 0.6) is 11.5 Å². The SMILES string of the molecule is COc1ccc([C@@H](C)NC(=O)c2ccc(C)[nH]c2=O)cc1OC. The van der Waals surface area contributed by atoms with Gasteiger partial charge in [-0.05, 0) is 43.7 Å². The third kappa shape index (κ3) is 3.71. The number of hydrogen-bond acceptors (Lipinski definition) is 4. The topological polar surface area (TPSA) is 80.4 Å². The van der Waals surface area contributed by atoms with Crippen molar-refractivity contribution in [2.24, 2.45) is 0 Å². The number of pyridine rings is 1. The second-order valence-electron chi connectivity index (χ2n) is 5.19. The molecule has 1 aromatic heterocycles. The van der Waals surface area contributed by atoms with Crippen molar-refractivity contribution in [1.29, 1.82) is 0 Å². The normalized spacial score (nSPS) is 11.7. The van der Waals surface area contributed by atoms with Crippen LogP contribution >= 0.6 is 0 Å². The zero-order valence-electron chi connectivity index (χ0n) is 13.6. The smallest absolute Gasteiger partial charge is 0.260 e. The molecule has 2 N–H and O–H groups in total. The molecule has 0 aliphatic heterocycles. The quantitative estimate of drug-likeness (QED) is 0.886. The van der Waals surface area contributed by atoms with Gasteiger partial charge in [-0.15, -0.1) is 0 Å². The molecular weight excluding hydrogens is 296 g/mol. The van der Waals surface area contributed by atoms with Gasteiger partial charge in [0.2, 0.25) is 0 Å². The molecule has 0 saturated carbocycles. The van der Waals surface area contributed by atoms with E-state index in [1.807, 2.05) is 13.0 Å². The van der Waals surface area contributed by atoms with E-state index in [0.717, 1.165) is 5.56 Å². The Labute approximate surface area is 134 Å². The molecule has 23 heavy (non-hydrogen) atoms. The van der Waals surface area contributed by atoms with Crippen LogP contribution in [0.3, 0.4) is 0 Å². The second kappa shape index (κ2) is 7.00. The van der Waals surface area contributed by atoms with E-state index in [2.05, 4.69) is 10.3 Å². The van der Waals surface area contributed by atoms with E-state index in [1.54, 1.807) is 39.3 Å². The van der Waals surface area contributed by atoms with Gasteiger partial charge in [-0.2, -0.15) is 0 Å². The summed E-state index contributed by atoms with van der Waals surface area (Å²) in [5.74, 6) is 0.776. The molecule has 0 radical (unpaired) electrons. The van der Waals surface area contributed by atoms with Gasteiger partial charge in [-0.25, -0.2) is 0 Å². The summed E-state index contributed by atoms with van der Waals surface area (Å²) in [7, 11) is 3.11. The molecule has 1 amide bonds. The molecule has 6 nitrogen and oxygen atoms in total. The lowest BCUT2D eigenvalue weighted by Gasteiger charge is -2.16. The maximum atomic E-state index is 12.3. The van der Waals surface area contributed by atoms with E-state index >= 15 is 0 Å². The molecular formula is C17H20N2O4.